The Bertz CT molecular complexity index is 928. The summed E-state index contributed by atoms with van der Waals surface area (Å²) in [5.41, 5.74) is 2.48. The van der Waals surface area contributed by atoms with Crippen LogP contribution in [0.15, 0.2) is 53.7 Å². The van der Waals surface area contributed by atoms with Gasteiger partial charge in [0.05, 0.1) is 5.71 Å². The van der Waals surface area contributed by atoms with Gasteiger partial charge in [-0.25, -0.2) is 4.39 Å². The summed E-state index contributed by atoms with van der Waals surface area (Å²) >= 11 is 0. The molecule has 0 aliphatic carbocycles. The van der Waals surface area contributed by atoms with Crippen LogP contribution >= 0.6 is 0 Å². The van der Waals surface area contributed by atoms with Crippen LogP contribution < -0.4 is 10.2 Å². The Morgan fingerprint density at radius 2 is 2.07 bits per heavy atom. The van der Waals surface area contributed by atoms with E-state index in [1.807, 2.05) is 6.07 Å². The van der Waals surface area contributed by atoms with Crippen LogP contribution in [-0.2, 0) is 14.4 Å². The van der Waals surface area contributed by atoms with Gasteiger partial charge in [0.1, 0.15) is 5.82 Å². The first kappa shape index (κ1) is 17.2. The molecular weight excluding hydrogens is 349 g/mol. The molecule has 1 atom stereocenters. The molecule has 27 heavy (non-hydrogen) atoms. The normalized spacial score (nSPS) is 19.0. The number of carbonyl (C=O) groups excluding carboxylic acids is 2. The first-order chi connectivity index (χ1) is 13.1. The van der Waals surface area contributed by atoms with Crippen molar-refractivity contribution in [3.63, 3.8) is 0 Å². The maximum Gasteiger partial charge on any atom is 0.268 e. The second-order valence-electron chi connectivity index (χ2n) is 6.54. The predicted octanol–water partition coefficient (Wildman–Crippen LogP) is 3.08. The molecule has 1 N–H and O–H groups in total. The van der Waals surface area contributed by atoms with Crippen LogP contribution in [0.5, 0.6) is 0 Å². The van der Waals surface area contributed by atoms with Crippen molar-refractivity contribution < 1.29 is 18.8 Å². The molecule has 138 valence electrons. The Kier molecular flexibility index (Phi) is 4.58. The Hall–Kier alpha value is -3.22. The van der Waals surface area contributed by atoms with Gasteiger partial charge in [0, 0.05) is 36.3 Å². The highest BCUT2D eigenvalue weighted by Gasteiger charge is 2.29. The summed E-state index contributed by atoms with van der Waals surface area (Å²) in [7, 11) is 0. The van der Waals surface area contributed by atoms with Gasteiger partial charge < -0.3 is 15.1 Å². The number of oxime groups is 1. The molecule has 2 heterocycles. The minimum atomic E-state index is -0.777. The minimum Gasteiger partial charge on any atom is -0.382 e. The average Bonchev–Trinajstić information content (AvgIpc) is 3.31. The molecule has 2 aromatic carbocycles. The minimum absolute atomic E-state index is 0.0886. The molecule has 2 aromatic rings. The van der Waals surface area contributed by atoms with Gasteiger partial charge >= 0.3 is 0 Å². The van der Waals surface area contributed by atoms with Crippen molar-refractivity contribution in [2.75, 3.05) is 16.8 Å². The number of benzene rings is 2. The zero-order chi connectivity index (χ0) is 18.8. The highest BCUT2D eigenvalue weighted by Crippen LogP contribution is 2.25. The van der Waals surface area contributed by atoms with Crippen molar-refractivity contribution in [3.05, 3.63) is 59.9 Å². The van der Waals surface area contributed by atoms with Crippen molar-refractivity contribution >= 4 is 28.9 Å². The number of hydrogen-bond acceptors (Lipinski definition) is 4. The summed E-state index contributed by atoms with van der Waals surface area (Å²) in [5, 5.41) is 6.71. The maximum atomic E-state index is 13.4. The summed E-state index contributed by atoms with van der Waals surface area (Å²) in [5.74, 6) is -0.614. The summed E-state index contributed by atoms with van der Waals surface area (Å²) in [6.07, 6.45) is 0.873. The van der Waals surface area contributed by atoms with Gasteiger partial charge in [-0.3, -0.25) is 9.59 Å². The van der Waals surface area contributed by atoms with Crippen LogP contribution in [0.3, 0.4) is 0 Å². The van der Waals surface area contributed by atoms with Crippen molar-refractivity contribution in [2.45, 2.75) is 25.4 Å². The Balaban J connectivity index is 1.41. The van der Waals surface area contributed by atoms with Gasteiger partial charge in [-0.2, -0.15) is 0 Å². The van der Waals surface area contributed by atoms with Crippen LogP contribution in [0.2, 0.25) is 0 Å². The van der Waals surface area contributed by atoms with Gasteiger partial charge in [0.15, 0.2) is 0 Å². The lowest BCUT2D eigenvalue weighted by Gasteiger charge is -2.17. The smallest absolute Gasteiger partial charge is 0.268 e. The second-order valence-corrected chi connectivity index (χ2v) is 6.54. The van der Waals surface area contributed by atoms with Gasteiger partial charge in [0.25, 0.3) is 5.91 Å². The van der Waals surface area contributed by atoms with Crippen LogP contribution in [0.4, 0.5) is 15.8 Å². The zero-order valence-corrected chi connectivity index (χ0v) is 14.5. The molecule has 2 aliphatic heterocycles. The summed E-state index contributed by atoms with van der Waals surface area (Å²) in [6.45, 7) is 0.687. The SMILES string of the molecule is O=C(Nc1cccc(N2CCCC2=O)c1)C1CC(c2cccc(F)c2)=NO1. The first-order valence-electron chi connectivity index (χ1n) is 8.80. The molecule has 1 saturated heterocycles. The standard InChI is InChI=1S/C20H18FN3O3/c21-14-5-1-4-13(10-14)17-12-18(27-23-17)20(26)22-15-6-2-7-16(11-15)24-9-3-8-19(24)25/h1-2,4-7,10-11,18H,3,8-9,12H2,(H,22,26). The van der Waals surface area contributed by atoms with E-state index in [0.717, 1.165) is 12.1 Å². The van der Waals surface area contributed by atoms with E-state index in [0.29, 0.717) is 29.9 Å². The van der Waals surface area contributed by atoms with E-state index >= 15 is 0 Å². The first-order valence-corrected chi connectivity index (χ1v) is 8.80. The lowest BCUT2D eigenvalue weighted by atomic mass is 10.0. The monoisotopic (exact) mass is 367 g/mol. The van der Waals surface area contributed by atoms with E-state index in [4.69, 9.17) is 4.84 Å². The molecule has 0 spiro atoms. The lowest BCUT2D eigenvalue weighted by Crippen LogP contribution is -2.28. The second kappa shape index (κ2) is 7.19. The topological polar surface area (TPSA) is 71.0 Å². The Labute approximate surface area is 155 Å². The van der Waals surface area contributed by atoms with E-state index in [1.54, 1.807) is 35.2 Å². The molecular formula is C20H18FN3O3. The molecule has 0 aromatic heterocycles. The molecule has 6 nitrogen and oxygen atoms in total. The van der Waals surface area contributed by atoms with Crippen LogP contribution in [0.1, 0.15) is 24.8 Å². The number of hydrogen-bond donors (Lipinski definition) is 1. The molecule has 1 unspecified atom stereocenters. The zero-order valence-electron chi connectivity index (χ0n) is 14.5. The molecule has 4 rings (SSSR count). The molecule has 0 bridgehead atoms. The van der Waals surface area contributed by atoms with Crippen LogP contribution in [0, 0.1) is 5.82 Å². The van der Waals surface area contributed by atoms with Gasteiger partial charge in [-0.15, -0.1) is 0 Å². The van der Waals surface area contributed by atoms with Crippen molar-refractivity contribution in [3.8, 4) is 0 Å². The molecule has 2 aliphatic rings. The number of halogens is 1. The molecule has 0 saturated carbocycles. The van der Waals surface area contributed by atoms with Gasteiger partial charge in [0.2, 0.25) is 12.0 Å². The number of anilines is 2. The largest absolute Gasteiger partial charge is 0.382 e. The van der Waals surface area contributed by atoms with Gasteiger partial charge in [-0.1, -0.05) is 23.4 Å². The van der Waals surface area contributed by atoms with E-state index < -0.39 is 6.10 Å². The third kappa shape index (κ3) is 3.67. The third-order valence-corrected chi connectivity index (χ3v) is 4.62. The van der Waals surface area contributed by atoms with Crippen molar-refractivity contribution in [2.24, 2.45) is 5.16 Å². The van der Waals surface area contributed by atoms with Crippen molar-refractivity contribution in [1.29, 1.82) is 0 Å². The highest BCUT2D eigenvalue weighted by molar-refractivity contribution is 6.06. The number of carbonyl (C=O) groups is 2. The fourth-order valence-electron chi connectivity index (χ4n) is 3.25. The van der Waals surface area contributed by atoms with Crippen molar-refractivity contribution in [1.82, 2.24) is 0 Å². The number of amides is 2. The summed E-state index contributed by atoms with van der Waals surface area (Å²) in [4.78, 5) is 31.3. The summed E-state index contributed by atoms with van der Waals surface area (Å²) < 4.78 is 13.4. The van der Waals surface area contributed by atoms with E-state index in [-0.39, 0.29) is 24.1 Å². The number of nitrogens with zero attached hydrogens (tertiary/aromatic N) is 2. The highest BCUT2D eigenvalue weighted by atomic mass is 19.1. The lowest BCUT2D eigenvalue weighted by molar-refractivity contribution is -0.125. The number of rotatable bonds is 4. The Morgan fingerprint density at radius 1 is 1.22 bits per heavy atom. The van der Waals surface area contributed by atoms with E-state index in [2.05, 4.69) is 10.5 Å². The Morgan fingerprint density at radius 3 is 2.85 bits per heavy atom. The fraction of sp³-hybridized carbons (Fsp3) is 0.250. The molecule has 0 radical (unpaired) electrons. The average molecular weight is 367 g/mol. The fourth-order valence-corrected chi connectivity index (χ4v) is 3.25. The van der Waals surface area contributed by atoms with Crippen LogP contribution in [0.25, 0.3) is 0 Å². The predicted molar refractivity (Wildman–Crippen MR) is 99.1 cm³/mol. The van der Waals surface area contributed by atoms with Crippen LogP contribution in [-0.4, -0.2) is 30.2 Å². The molecule has 2 amide bonds. The van der Waals surface area contributed by atoms with E-state index in [1.165, 1.54) is 12.1 Å². The quantitative estimate of drug-likeness (QED) is 0.903. The van der Waals surface area contributed by atoms with Gasteiger partial charge in [-0.05, 0) is 36.8 Å². The molecule has 7 heteroatoms. The molecule has 1 fully saturated rings. The maximum absolute atomic E-state index is 13.4. The third-order valence-electron chi connectivity index (χ3n) is 4.62. The van der Waals surface area contributed by atoms with E-state index in [9.17, 15) is 14.0 Å². The summed E-state index contributed by atoms with van der Waals surface area (Å²) in [6, 6.07) is 13.2. The number of nitrogens with one attached hydrogen (secondary N) is 1.